The van der Waals surface area contributed by atoms with Crippen LogP contribution in [0.3, 0.4) is 0 Å². The van der Waals surface area contributed by atoms with Gasteiger partial charge in [0.15, 0.2) is 0 Å². The number of rotatable bonds is 5. The molecule has 0 saturated heterocycles. The lowest BCUT2D eigenvalue weighted by Gasteiger charge is -2.05. The highest BCUT2D eigenvalue weighted by atomic mass is 32.2. The van der Waals surface area contributed by atoms with Crippen molar-refractivity contribution >= 4 is 32.4 Å². The maximum atomic E-state index is 12.1. The molecule has 2 aromatic rings. The molecule has 0 bridgehead atoms. The summed E-state index contributed by atoms with van der Waals surface area (Å²) in [6.07, 6.45) is 0.740. The number of aromatic nitrogens is 2. The third-order valence-corrected chi connectivity index (χ3v) is 5.06. The van der Waals surface area contributed by atoms with Crippen molar-refractivity contribution in [3.8, 4) is 0 Å². The lowest BCUT2D eigenvalue weighted by molar-refractivity contribution is 0.102. The molecule has 9 heteroatoms. The van der Waals surface area contributed by atoms with E-state index in [1.54, 1.807) is 0 Å². The van der Waals surface area contributed by atoms with Crippen LogP contribution in [-0.2, 0) is 16.4 Å². The van der Waals surface area contributed by atoms with Crippen molar-refractivity contribution in [2.24, 2.45) is 0 Å². The topological polar surface area (TPSA) is 101 Å². The number of nitrogens with zero attached hydrogens (tertiary/aromatic N) is 2. The van der Waals surface area contributed by atoms with E-state index < -0.39 is 15.9 Å². The molecule has 0 fully saturated rings. The minimum absolute atomic E-state index is 0.0316. The molecule has 0 aliphatic carbocycles. The predicted molar refractivity (Wildman–Crippen MR) is 79.9 cm³/mol. The quantitative estimate of drug-likeness (QED) is 0.861. The molecular formula is C12H14N4O3S2. The van der Waals surface area contributed by atoms with Crippen LogP contribution < -0.4 is 10.0 Å². The van der Waals surface area contributed by atoms with Gasteiger partial charge in [0.25, 0.3) is 5.91 Å². The summed E-state index contributed by atoms with van der Waals surface area (Å²) < 4.78 is 25.6. The van der Waals surface area contributed by atoms with Crippen molar-refractivity contribution < 1.29 is 13.2 Å². The van der Waals surface area contributed by atoms with E-state index >= 15 is 0 Å². The zero-order valence-electron chi connectivity index (χ0n) is 11.5. The van der Waals surface area contributed by atoms with Crippen molar-refractivity contribution in [2.75, 3.05) is 12.4 Å². The maximum Gasteiger partial charge on any atom is 0.257 e. The number of sulfonamides is 1. The summed E-state index contributed by atoms with van der Waals surface area (Å²) in [5, 5.41) is 11.5. The van der Waals surface area contributed by atoms with E-state index in [-0.39, 0.29) is 10.5 Å². The Balaban J connectivity index is 2.22. The standard InChI is InChI=1S/C12H14N4O3S2/c1-3-10-15-16-12(20-10)14-11(17)8-5-4-6-9(7-8)21(18,19)13-2/h4-7,13H,3H2,1-2H3,(H,14,16,17). The molecule has 7 nitrogen and oxygen atoms in total. The van der Waals surface area contributed by atoms with Gasteiger partial charge in [0, 0.05) is 5.56 Å². The van der Waals surface area contributed by atoms with Crippen LogP contribution >= 0.6 is 11.3 Å². The molecule has 1 aromatic heterocycles. The van der Waals surface area contributed by atoms with Crippen LogP contribution in [0.2, 0.25) is 0 Å². The number of anilines is 1. The SMILES string of the molecule is CCc1nnc(NC(=O)c2cccc(S(=O)(=O)NC)c2)s1. The molecule has 0 aliphatic heterocycles. The molecular weight excluding hydrogens is 312 g/mol. The third-order valence-electron chi connectivity index (χ3n) is 2.67. The van der Waals surface area contributed by atoms with E-state index in [0.717, 1.165) is 11.4 Å². The highest BCUT2D eigenvalue weighted by Gasteiger charge is 2.15. The Hall–Kier alpha value is -1.84. The van der Waals surface area contributed by atoms with E-state index in [4.69, 9.17) is 0 Å². The van der Waals surface area contributed by atoms with Crippen LogP contribution in [0.4, 0.5) is 5.13 Å². The molecule has 0 spiro atoms. The largest absolute Gasteiger partial charge is 0.296 e. The second-order valence-corrected chi connectivity index (χ2v) is 6.99. The van der Waals surface area contributed by atoms with Gasteiger partial charge in [0.1, 0.15) is 5.01 Å². The van der Waals surface area contributed by atoms with Crippen LogP contribution in [0, 0.1) is 0 Å². The van der Waals surface area contributed by atoms with E-state index in [2.05, 4.69) is 20.2 Å². The van der Waals surface area contributed by atoms with Crippen molar-refractivity contribution in [3.05, 3.63) is 34.8 Å². The lowest BCUT2D eigenvalue weighted by Crippen LogP contribution is -2.19. The van der Waals surface area contributed by atoms with Gasteiger partial charge in [-0.3, -0.25) is 10.1 Å². The first-order valence-electron chi connectivity index (χ1n) is 6.13. The zero-order valence-corrected chi connectivity index (χ0v) is 13.1. The molecule has 0 radical (unpaired) electrons. The molecule has 0 atom stereocenters. The van der Waals surface area contributed by atoms with Crippen molar-refractivity contribution in [1.82, 2.24) is 14.9 Å². The van der Waals surface area contributed by atoms with Gasteiger partial charge >= 0.3 is 0 Å². The first kappa shape index (κ1) is 15.5. The van der Waals surface area contributed by atoms with Crippen LogP contribution in [0.25, 0.3) is 0 Å². The molecule has 0 aliphatic rings. The van der Waals surface area contributed by atoms with Crippen LogP contribution in [-0.4, -0.2) is 31.6 Å². The molecule has 2 N–H and O–H groups in total. The van der Waals surface area contributed by atoms with E-state index in [9.17, 15) is 13.2 Å². The Morgan fingerprint density at radius 1 is 1.33 bits per heavy atom. The summed E-state index contributed by atoms with van der Waals surface area (Å²) in [6, 6.07) is 5.77. The van der Waals surface area contributed by atoms with Crippen LogP contribution in [0.1, 0.15) is 22.3 Å². The van der Waals surface area contributed by atoms with Crippen molar-refractivity contribution in [1.29, 1.82) is 0 Å². The molecule has 2 rings (SSSR count). The molecule has 0 unspecified atom stereocenters. The number of hydrogen-bond donors (Lipinski definition) is 2. The number of nitrogens with one attached hydrogen (secondary N) is 2. The summed E-state index contributed by atoms with van der Waals surface area (Å²) >= 11 is 1.29. The average molecular weight is 326 g/mol. The normalized spacial score (nSPS) is 11.3. The summed E-state index contributed by atoms with van der Waals surface area (Å²) in [7, 11) is -2.27. The van der Waals surface area contributed by atoms with Gasteiger partial charge in [0.05, 0.1) is 4.90 Å². The van der Waals surface area contributed by atoms with Gasteiger partial charge in [-0.15, -0.1) is 10.2 Å². The zero-order chi connectivity index (χ0) is 15.5. The number of amides is 1. The fourth-order valence-corrected chi connectivity index (χ4v) is 2.99. The Morgan fingerprint density at radius 2 is 2.10 bits per heavy atom. The van der Waals surface area contributed by atoms with Gasteiger partial charge < -0.3 is 0 Å². The molecule has 0 saturated carbocycles. The second-order valence-electron chi connectivity index (χ2n) is 4.04. The Labute approximate surface area is 126 Å². The predicted octanol–water partition coefficient (Wildman–Crippen LogP) is 1.26. The van der Waals surface area contributed by atoms with Gasteiger partial charge in [-0.05, 0) is 31.7 Å². The summed E-state index contributed by atoms with van der Waals surface area (Å²) in [6.45, 7) is 1.94. The Morgan fingerprint density at radius 3 is 2.71 bits per heavy atom. The monoisotopic (exact) mass is 326 g/mol. The van der Waals surface area contributed by atoms with Crippen molar-refractivity contribution in [2.45, 2.75) is 18.2 Å². The highest BCUT2D eigenvalue weighted by molar-refractivity contribution is 7.89. The van der Waals surface area contributed by atoms with Crippen LogP contribution in [0.15, 0.2) is 29.2 Å². The lowest BCUT2D eigenvalue weighted by atomic mass is 10.2. The fourth-order valence-electron chi connectivity index (χ4n) is 1.54. The molecule has 1 aromatic carbocycles. The second kappa shape index (κ2) is 6.29. The number of carbonyl (C=O) groups is 1. The van der Waals surface area contributed by atoms with Crippen molar-refractivity contribution in [3.63, 3.8) is 0 Å². The molecule has 1 heterocycles. The first-order chi connectivity index (χ1) is 9.96. The minimum atomic E-state index is -3.58. The number of carbonyl (C=O) groups excluding carboxylic acids is 1. The van der Waals surface area contributed by atoms with Gasteiger partial charge in [-0.2, -0.15) is 0 Å². The number of aryl methyl sites for hydroxylation is 1. The summed E-state index contributed by atoms with van der Waals surface area (Å²) in [4.78, 5) is 12.1. The highest BCUT2D eigenvalue weighted by Crippen LogP contribution is 2.17. The first-order valence-corrected chi connectivity index (χ1v) is 8.43. The summed E-state index contributed by atoms with van der Waals surface area (Å²) in [5.41, 5.74) is 0.236. The average Bonchev–Trinajstić information content (AvgIpc) is 2.95. The molecule has 21 heavy (non-hydrogen) atoms. The van der Waals surface area contributed by atoms with Crippen LogP contribution in [0.5, 0.6) is 0 Å². The van der Waals surface area contributed by atoms with E-state index in [0.29, 0.717) is 5.13 Å². The number of hydrogen-bond acceptors (Lipinski definition) is 6. The molecule has 112 valence electrons. The Bertz CT molecular complexity index is 755. The minimum Gasteiger partial charge on any atom is -0.296 e. The smallest absolute Gasteiger partial charge is 0.257 e. The van der Waals surface area contributed by atoms with Gasteiger partial charge in [-0.1, -0.05) is 24.3 Å². The maximum absolute atomic E-state index is 12.1. The van der Waals surface area contributed by atoms with Gasteiger partial charge in [-0.25, -0.2) is 13.1 Å². The van der Waals surface area contributed by atoms with Gasteiger partial charge in [0.2, 0.25) is 15.2 Å². The molecule has 1 amide bonds. The third kappa shape index (κ3) is 3.63. The van der Waals surface area contributed by atoms with E-state index in [1.807, 2.05) is 6.92 Å². The fraction of sp³-hybridized carbons (Fsp3) is 0.250. The Kier molecular flexibility index (Phi) is 4.66. The summed E-state index contributed by atoms with van der Waals surface area (Å²) in [5.74, 6) is -0.429. The number of benzene rings is 1. The van der Waals surface area contributed by atoms with E-state index in [1.165, 1.54) is 42.6 Å².